The van der Waals surface area contributed by atoms with Crippen LogP contribution in [0.3, 0.4) is 0 Å². The third kappa shape index (κ3) is 4.02. The summed E-state index contributed by atoms with van der Waals surface area (Å²) in [6, 6.07) is 12.8. The Morgan fingerprint density at radius 3 is 2.57 bits per heavy atom. The van der Waals surface area contributed by atoms with Crippen LogP contribution in [0.1, 0.15) is 26.5 Å². The zero-order valence-corrected chi connectivity index (χ0v) is 13.5. The molecule has 1 aromatic carbocycles. The summed E-state index contributed by atoms with van der Waals surface area (Å²) in [7, 11) is 2.00. The van der Waals surface area contributed by atoms with Crippen molar-refractivity contribution in [2.45, 2.75) is 39.3 Å². The Labute approximate surface area is 127 Å². The Kier molecular flexibility index (Phi) is 5.71. The summed E-state index contributed by atoms with van der Waals surface area (Å²) in [6.45, 7) is 7.21. The van der Waals surface area contributed by atoms with E-state index in [0.717, 1.165) is 24.2 Å². The van der Waals surface area contributed by atoms with E-state index in [9.17, 15) is 0 Å². The van der Waals surface area contributed by atoms with E-state index in [4.69, 9.17) is 9.72 Å². The first-order valence-corrected chi connectivity index (χ1v) is 7.79. The molecule has 114 valence electrons. The van der Waals surface area contributed by atoms with Gasteiger partial charge in [-0.3, -0.25) is 4.98 Å². The van der Waals surface area contributed by atoms with Crippen LogP contribution in [0, 0.1) is 5.92 Å². The minimum Gasteiger partial charge on any atom is -0.377 e. The first-order chi connectivity index (χ1) is 10.2. The maximum absolute atomic E-state index is 5.93. The number of benzene rings is 1. The molecule has 0 saturated carbocycles. The van der Waals surface area contributed by atoms with Gasteiger partial charge in [-0.25, -0.2) is 0 Å². The lowest BCUT2D eigenvalue weighted by molar-refractivity contribution is 0.00516. The molecule has 0 bridgehead atoms. The zero-order valence-electron chi connectivity index (χ0n) is 13.5. The molecule has 2 rings (SSSR count). The highest BCUT2D eigenvalue weighted by Gasteiger charge is 2.24. The Balaban J connectivity index is 2.19. The SMILES string of the molecule is CCOC(C(C)C)C(Cc1ccc2ccccc2n1)NC. The molecule has 2 atom stereocenters. The highest BCUT2D eigenvalue weighted by molar-refractivity contribution is 5.78. The fraction of sp³-hybridized carbons (Fsp3) is 0.500. The minimum atomic E-state index is 0.202. The van der Waals surface area contributed by atoms with E-state index in [1.54, 1.807) is 0 Å². The molecule has 0 fully saturated rings. The summed E-state index contributed by atoms with van der Waals surface area (Å²) in [5.41, 5.74) is 2.17. The molecular formula is C18H26N2O. The minimum absolute atomic E-state index is 0.202. The summed E-state index contributed by atoms with van der Waals surface area (Å²) in [5, 5.41) is 4.59. The number of likely N-dealkylation sites (N-methyl/N-ethyl adjacent to an activating group) is 1. The highest BCUT2D eigenvalue weighted by Crippen LogP contribution is 2.17. The number of nitrogens with one attached hydrogen (secondary N) is 1. The van der Waals surface area contributed by atoms with E-state index in [-0.39, 0.29) is 12.1 Å². The Hall–Kier alpha value is -1.45. The lowest BCUT2D eigenvalue weighted by atomic mass is 9.95. The van der Waals surface area contributed by atoms with Gasteiger partial charge in [-0.15, -0.1) is 0 Å². The lowest BCUT2D eigenvalue weighted by Crippen LogP contribution is -2.44. The number of para-hydroxylation sites is 1. The standard InChI is InChI=1S/C18H26N2O/c1-5-21-18(13(2)3)17(19-4)12-15-11-10-14-8-6-7-9-16(14)20-15/h6-11,13,17-19H,5,12H2,1-4H3. The molecule has 2 unspecified atom stereocenters. The second kappa shape index (κ2) is 7.53. The van der Waals surface area contributed by atoms with Crippen LogP contribution in [0.5, 0.6) is 0 Å². The number of hydrogen-bond acceptors (Lipinski definition) is 3. The Bertz CT molecular complexity index is 568. The van der Waals surface area contributed by atoms with Crippen LogP contribution in [-0.2, 0) is 11.2 Å². The van der Waals surface area contributed by atoms with Crippen LogP contribution in [0.25, 0.3) is 10.9 Å². The summed E-state index contributed by atoms with van der Waals surface area (Å²) in [6.07, 6.45) is 1.08. The molecule has 3 heteroatoms. The normalized spacial score (nSPS) is 14.5. The summed E-state index contributed by atoms with van der Waals surface area (Å²) in [5.74, 6) is 0.475. The van der Waals surface area contributed by atoms with Gasteiger partial charge in [-0.1, -0.05) is 38.1 Å². The second-order valence-corrected chi connectivity index (χ2v) is 5.76. The van der Waals surface area contributed by atoms with Crippen molar-refractivity contribution in [2.24, 2.45) is 5.92 Å². The van der Waals surface area contributed by atoms with Crippen molar-refractivity contribution in [1.82, 2.24) is 10.3 Å². The van der Waals surface area contributed by atoms with Crippen molar-refractivity contribution in [3.8, 4) is 0 Å². The van der Waals surface area contributed by atoms with Crippen molar-refractivity contribution in [3.63, 3.8) is 0 Å². The highest BCUT2D eigenvalue weighted by atomic mass is 16.5. The van der Waals surface area contributed by atoms with Gasteiger partial charge in [0.15, 0.2) is 0 Å². The topological polar surface area (TPSA) is 34.1 Å². The van der Waals surface area contributed by atoms with Crippen LogP contribution in [-0.4, -0.2) is 30.8 Å². The predicted molar refractivity (Wildman–Crippen MR) is 88.5 cm³/mol. The quantitative estimate of drug-likeness (QED) is 0.847. The van der Waals surface area contributed by atoms with Gasteiger partial charge < -0.3 is 10.1 Å². The molecule has 21 heavy (non-hydrogen) atoms. The molecule has 0 aliphatic heterocycles. The summed E-state index contributed by atoms with van der Waals surface area (Å²) < 4.78 is 5.93. The van der Waals surface area contributed by atoms with Crippen LogP contribution in [0.4, 0.5) is 0 Å². The van der Waals surface area contributed by atoms with Gasteiger partial charge >= 0.3 is 0 Å². The molecule has 0 aliphatic carbocycles. The van der Waals surface area contributed by atoms with Crippen LogP contribution in [0.2, 0.25) is 0 Å². The predicted octanol–water partition coefficient (Wildman–Crippen LogP) is 3.43. The van der Waals surface area contributed by atoms with Crippen molar-refractivity contribution >= 4 is 10.9 Å². The molecular weight excluding hydrogens is 260 g/mol. The molecule has 0 spiro atoms. The fourth-order valence-electron chi connectivity index (χ4n) is 2.80. The van der Waals surface area contributed by atoms with Crippen molar-refractivity contribution < 1.29 is 4.74 Å². The fourth-order valence-corrected chi connectivity index (χ4v) is 2.80. The molecule has 0 saturated heterocycles. The molecule has 1 N–H and O–H groups in total. The molecule has 0 radical (unpaired) electrons. The van der Waals surface area contributed by atoms with Gasteiger partial charge in [0.1, 0.15) is 0 Å². The van der Waals surface area contributed by atoms with Crippen LogP contribution < -0.4 is 5.32 Å². The molecule has 1 aromatic heterocycles. The maximum atomic E-state index is 5.93. The van der Waals surface area contributed by atoms with Crippen molar-refractivity contribution in [1.29, 1.82) is 0 Å². The lowest BCUT2D eigenvalue weighted by Gasteiger charge is -2.29. The number of pyridine rings is 1. The van der Waals surface area contributed by atoms with E-state index in [0.29, 0.717) is 5.92 Å². The average molecular weight is 286 g/mol. The Morgan fingerprint density at radius 2 is 1.90 bits per heavy atom. The number of nitrogens with zero attached hydrogens (tertiary/aromatic N) is 1. The molecule has 1 heterocycles. The van der Waals surface area contributed by atoms with E-state index in [2.05, 4.69) is 50.4 Å². The number of hydrogen-bond donors (Lipinski definition) is 1. The third-order valence-electron chi connectivity index (χ3n) is 3.87. The summed E-state index contributed by atoms with van der Waals surface area (Å²) >= 11 is 0. The van der Waals surface area contributed by atoms with E-state index in [1.165, 1.54) is 5.39 Å². The third-order valence-corrected chi connectivity index (χ3v) is 3.87. The first-order valence-electron chi connectivity index (χ1n) is 7.79. The largest absolute Gasteiger partial charge is 0.377 e. The molecule has 0 aliphatic rings. The summed E-state index contributed by atoms with van der Waals surface area (Å²) in [4.78, 5) is 4.77. The van der Waals surface area contributed by atoms with Gasteiger partial charge in [0, 0.05) is 30.1 Å². The van der Waals surface area contributed by atoms with Crippen molar-refractivity contribution in [3.05, 3.63) is 42.1 Å². The van der Waals surface area contributed by atoms with Gasteiger partial charge in [0.2, 0.25) is 0 Å². The smallest absolute Gasteiger partial charge is 0.0754 e. The number of fused-ring (bicyclic) bond motifs is 1. The number of rotatable bonds is 7. The molecule has 2 aromatic rings. The van der Waals surface area contributed by atoms with E-state index >= 15 is 0 Å². The average Bonchev–Trinajstić information content (AvgIpc) is 2.50. The van der Waals surface area contributed by atoms with Crippen LogP contribution in [0.15, 0.2) is 36.4 Å². The monoisotopic (exact) mass is 286 g/mol. The van der Waals surface area contributed by atoms with E-state index < -0.39 is 0 Å². The first kappa shape index (κ1) is 15.9. The molecule has 0 amide bonds. The number of aromatic nitrogens is 1. The van der Waals surface area contributed by atoms with E-state index in [1.807, 2.05) is 19.2 Å². The maximum Gasteiger partial charge on any atom is 0.0754 e. The van der Waals surface area contributed by atoms with Gasteiger partial charge in [-0.05, 0) is 32.0 Å². The van der Waals surface area contributed by atoms with Gasteiger partial charge in [-0.2, -0.15) is 0 Å². The van der Waals surface area contributed by atoms with Gasteiger partial charge in [0.05, 0.1) is 11.6 Å². The Morgan fingerprint density at radius 1 is 1.14 bits per heavy atom. The number of ether oxygens (including phenoxy) is 1. The van der Waals surface area contributed by atoms with Crippen LogP contribution >= 0.6 is 0 Å². The van der Waals surface area contributed by atoms with Crippen molar-refractivity contribution in [2.75, 3.05) is 13.7 Å². The van der Waals surface area contributed by atoms with Gasteiger partial charge in [0.25, 0.3) is 0 Å². The second-order valence-electron chi connectivity index (χ2n) is 5.76. The zero-order chi connectivity index (χ0) is 15.2. The molecule has 3 nitrogen and oxygen atoms in total.